The Labute approximate surface area is 159 Å². The number of hydrogen-bond donors (Lipinski definition) is 1. The Kier molecular flexibility index (Phi) is 4.51. The Morgan fingerprint density at radius 2 is 1.74 bits per heavy atom. The molecule has 7 nitrogen and oxygen atoms in total. The molecule has 7 heteroatoms. The van der Waals surface area contributed by atoms with Gasteiger partial charge < -0.3 is 14.6 Å². The van der Waals surface area contributed by atoms with E-state index in [1.165, 1.54) is 19.3 Å². The number of carbonyl (C=O) groups excluding carboxylic acids is 2. The molecule has 27 heavy (non-hydrogen) atoms. The largest absolute Gasteiger partial charge is 0.454 e. The Bertz CT molecular complexity index is 699. The SMILES string of the molecule is CC(C)(C)c1noc(COC(=O)CNC(=O)C23CC4CC(CC(C4)C2)C3)n1. The van der Waals surface area contributed by atoms with Crippen LogP contribution in [0.2, 0.25) is 0 Å². The van der Waals surface area contributed by atoms with Crippen molar-refractivity contribution in [3.63, 3.8) is 0 Å². The summed E-state index contributed by atoms with van der Waals surface area (Å²) in [5.41, 5.74) is -0.472. The summed E-state index contributed by atoms with van der Waals surface area (Å²) in [5, 5.41) is 6.72. The van der Waals surface area contributed by atoms with Crippen LogP contribution >= 0.6 is 0 Å². The van der Waals surface area contributed by atoms with Crippen LogP contribution in [-0.4, -0.2) is 28.6 Å². The highest BCUT2D eigenvalue weighted by Gasteiger charge is 2.54. The van der Waals surface area contributed by atoms with Crippen LogP contribution in [0.25, 0.3) is 0 Å². The van der Waals surface area contributed by atoms with E-state index in [1.807, 2.05) is 20.8 Å². The molecule has 4 saturated carbocycles. The van der Waals surface area contributed by atoms with Gasteiger partial charge >= 0.3 is 5.97 Å². The van der Waals surface area contributed by atoms with Crippen molar-refractivity contribution in [1.82, 2.24) is 15.5 Å². The molecule has 148 valence electrons. The highest BCUT2D eigenvalue weighted by molar-refractivity contribution is 5.86. The second-order valence-electron chi connectivity index (χ2n) is 9.80. The first-order valence-corrected chi connectivity index (χ1v) is 10.0. The fourth-order valence-corrected chi connectivity index (χ4v) is 5.54. The minimum absolute atomic E-state index is 0.0337. The molecule has 1 heterocycles. The quantitative estimate of drug-likeness (QED) is 0.795. The van der Waals surface area contributed by atoms with E-state index < -0.39 is 5.97 Å². The molecule has 0 aliphatic heterocycles. The van der Waals surface area contributed by atoms with E-state index in [1.54, 1.807) is 0 Å². The van der Waals surface area contributed by atoms with Gasteiger partial charge in [0.15, 0.2) is 12.4 Å². The van der Waals surface area contributed by atoms with Crippen LogP contribution < -0.4 is 5.32 Å². The van der Waals surface area contributed by atoms with Crippen LogP contribution in [0.4, 0.5) is 0 Å². The van der Waals surface area contributed by atoms with Gasteiger partial charge in [0.1, 0.15) is 6.54 Å². The molecule has 0 radical (unpaired) electrons. The summed E-state index contributed by atoms with van der Waals surface area (Å²) in [6.07, 6.45) is 6.81. The normalized spacial score (nSPS) is 31.7. The Hall–Kier alpha value is -1.92. The van der Waals surface area contributed by atoms with Gasteiger partial charge in [0.2, 0.25) is 5.91 Å². The fourth-order valence-electron chi connectivity index (χ4n) is 5.54. The topological polar surface area (TPSA) is 94.3 Å². The number of rotatable bonds is 5. The summed E-state index contributed by atoms with van der Waals surface area (Å²) in [5.74, 6) is 2.48. The zero-order valence-electron chi connectivity index (χ0n) is 16.4. The summed E-state index contributed by atoms with van der Waals surface area (Å²) in [7, 11) is 0. The maximum absolute atomic E-state index is 12.8. The smallest absolute Gasteiger partial charge is 0.325 e. The molecule has 1 N–H and O–H groups in total. The summed E-state index contributed by atoms with van der Waals surface area (Å²) in [6.45, 7) is 5.75. The van der Waals surface area contributed by atoms with Crippen molar-refractivity contribution in [2.24, 2.45) is 23.2 Å². The fraction of sp³-hybridized carbons (Fsp3) is 0.800. The molecule has 4 fully saturated rings. The van der Waals surface area contributed by atoms with Gasteiger partial charge in [-0.1, -0.05) is 25.9 Å². The number of ether oxygens (including phenoxy) is 1. The van der Waals surface area contributed by atoms with Crippen molar-refractivity contribution in [3.05, 3.63) is 11.7 Å². The van der Waals surface area contributed by atoms with E-state index in [-0.39, 0.29) is 35.8 Å². The van der Waals surface area contributed by atoms with E-state index >= 15 is 0 Å². The molecule has 1 aromatic heterocycles. The lowest BCUT2D eigenvalue weighted by molar-refractivity contribution is -0.151. The summed E-state index contributed by atoms with van der Waals surface area (Å²) < 4.78 is 10.3. The maximum atomic E-state index is 12.8. The molecule has 1 aromatic rings. The summed E-state index contributed by atoms with van der Waals surface area (Å²) >= 11 is 0. The molecule has 0 saturated heterocycles. The molecular weight excluding hydrogens is 346 g/mol. The molecule has 5 rings (SSSR count). The Morgan fingerprint density at radius 3 is 2.26 bits per heavy atom. The van der Waals surface area contributed by atoms with Crippen LogP contribution in [0.15, 0.2) is 4.52 Å². The van der Waals surface area contributed by atoms with E-state index in [0.29, 0.717) is 23.6 Å². The first kappa shape index (κ1) is 18.4. The third-order valence-electron chi connectivity index (χ3n) is 6.41. The Morgan fingerprint density at radius 1 is 1.15 bits per heavy atom. The number of nitrogens with zero attached hydrogens (tertiary/aromatic N) is 2. The number of amides is 1. The van der Waals surface area contributed by atoms with E-state index in [9.17, 15) is 9.59 Å². The molecule has 4 bridgehead atoms. The molecule has 4 aliphatic carbocycles. The molecule has 0 spiro atoms. The second-order valence-corrected chi connectivity index (χ2v) is 9.80. The van der Waals surface area contributed by atoms with Gasteiger partial charge in [-0.25, -0.2) is 0 Å². The van der Waals surface area contributed by atoms with Crippen molar-refractivity contribution in [2.75, 3.05) is 6.54 Å². The van der Waals surface area contributed by atoms with Gasteiger partial charge in [0.25, 0.3) is 5.89 Å². The molecule has 0 atom stereocenters. The van der Waals surface area contributed by atoms with Crippen molar-refractivity contribution in [3.8, 4) is 0 Å². The lowest BCUT2D eigenvalue weighted by atomic mass is 9.49. The molecule has 0 aromatic carbocycles. The third-order valence-corrected chi connectivity index (χ3v) is 6.41. The van der Waals surface area contributed by atoms with Crippen LogP contribution in [0.5, 0.6) is 0 Å². The molecular formula is C20H29N3O4. The lowest BCUT2D eigenvalue weighted by Crippen LogP contribution is -2.54. The standard InChI is InChI=1S/C20H29N3O4/c1-19(2,3)17-22-15(27-23-17)11-26-16(24)10-21-18(25)20-7-12-4-13(8-20)6-14(5-12)9-20/h12-14H,4-11H2,1-3H3,(H,21,25). The van der Waals surface area contributed by atoms with Gasteiger partial charge in [-0.3, -0.25) is 9.59 Å². The zero-order valence-corrected chi connectivity index (χ0v) is 16.4. The van der Waals surface area contributed by atoms with Gasteiger partial charge in [-0.05, 0) is 56.3 Å². The van der Waals surface area contributed by atoms with Gasteiger partial charge in [0.05, 0.1) is 0 Å². The highest BCUT2D eigenvalue weighted by atomic mass is 16.6. The number of carbonyl (C=O) groups is 2. The van der Waals surface area contributed by atoms with Crippen LogP contribution in [0.1, 0.15) is 71.0 Å². The summed E-state index contributed by atoms with van der Waals surface area (Å²) in [6, 6.07) is 0. The van der Waals surface area contributed by atoms with E-state index in [2.05, 4.69) is 15.5 Å². The Balaban J connectivity index is 1.26. The van der Waals surface area contributed by atoms with E-state index in [4.69, 9.17) is 9.26 Å². The van der Waals surface area contributed by atoms with Crippen molar-refractivity contribution >= 4 is 11.9 Å². The van der Waals surface area contributed by atoms with Crippen LogP contribution in [-0.2, 0) is 26.3 Å². The average molecular weight is 375 g/mol. The summed E-state index contributed by atoms with van der Waals surface area (Å²) in [4.78, 5) is 29.1. The monoisotopic (exact) mass is 375 g/mol. The van der Waals surface area contributed by atoms with E-state index in [0.717, 1.165) is 19.3 Å². The molecule has 4 aliphatic rings. The van der Waals surface area contributed by atoms with Gasteiger partial charge in [-0.15, -0.1) is 0 Å². The molecule has 0 unspecified atom stereocenters. The van der Waals surface area contributed by atoms with Gasteiger partial charge in [0, 0.05) is 10.8 Å². The van der Waals surface area contributed by atoms with Crippen molar-refractivity contribution in [1.29, 1.82) is 0 Å². The van der Waals surface area contributed by atoms with Crippen LogP contribution in [0.3, 0.4) is 0 Å². The van der Waals surface area contributed by atoms with Gasteiger partial charge in [-0.2, -0.15) is 4.98 Å². The van der Waals surface area contributed by atoms with Crippen LogP contribution in [0, 0.1) is 23.2 Å². The first-order valence-electron chi connectivity index (χ1n) is 10.0. The number of esters is 1. The number of aromatic nitrogens is 2. The maximum Gasteiger partial charge on any atom is 0.325 e. The minimum Gasteiger partial charge on any atom is -0.454 e. The van der Waals surface area contributed by atoms with Crippen molar-refractivity contribution in [2.45, 2.75) is 71.3 Å². The number of nitrogens with one attached hydrogen (secondary N) is 1. The zero-order chi connectivity index (χ0) is 19.2. The minimum atomic E-state index is -0.483. The molecule has 1 amide bonds. The van der Waals surface area contributed by atoms with Crippen molar-refractivity contribution < 1.29 is 18.8 Å². The predicted molar refractivity (Wildman–Crippen MR) is 96.4 cm³/mol. The third kappa shape index (κ3) is 3.73. The average Bonchev–Trinajstić information content (AvgIpc) is 3.06. The predicted octanol–water partition coefficient (Wildman–Crippen LogP) is 2.74. The second kappa shape index (κ2) is 6.60. The number of hydrogen-bond acceptors (Lipinski definition) is 6. The first-order chi connectivity index (χ1) is 12.7. The lowest BCUT2D eigenvalue weighted by Gasteiger charge is -2.55. The highest BCUT2D eigenvalue weighted by Crippen LogP contribution is 2.60.